The van der Waals surface area contributed by atoms with Crippen LogP contribution in [0.2, 0.25) is 0 Å². The molecule has 2 nitrogen and oxygen atoms in total. The highest BCUT2D eigenvalue weighted by molar-refractivity contribution is 4.85. The van der Waals surface area contributed by atoms with E-state index >= 15 is 0 Å². The lowest BCUT2D eigenvalue weighted by Gasteiger charge is -2.24. The van der Waals surface area contributed by atoms with Crippen LogP contribution in [0.4, 0.5) is 0 Å². The Labute approximate surface area is 95.4 Å². The fourth-order valence-electron chi connectivity index (χ4n) is 2.04. The highest BCUT2D eigenvalue weighted by Crippen LogP contribution is 2.38. The first-order valence-corrected chi connectivity index (χ1v) is 6.56. The second-order valence-corrected chi connectivity index (χ2v) is 5.30. The molecule has 0 amide bonds. The van der Waals surface area contributed by atoms with Crippen molar-refractivity contribution in [3.63, 3.8) is 0 Å². The summed E-state index contributed by atoms with van der Waals surface area (Å²) >= 11 is 0. The molecule has 0 aliphatic heterocycles. The number of hydrogen-bond donors (Lipinski definition) is 1. The maximum atomic E-state index is 3.47. The Kier molecular flexibility index (Phi) is 5.62. The maximum Gasteiger partial charge on any atom is 0.00760 e. The fourth-order valence-corrected chi connectivity index (χ4v) is 2.04. The lowest BCUT2D eigenvalue weighted by molar-refractivity contribution is 0.232. The third kappa shape index (κ3) is 4.98. The van der Waals surface area contributed by atoms with Crippen LogP contribution in [0.25, 0.3) is 0 Å². The smallest absolute Gasteiger partial charge is 0.00760 e. The molecular weight excluding hydrogens is 184 g/mol. The molecule has 1 fully saturated rings. The second kappa shape index (κ2) is 6.49. The molecule has 0 aromatic carbocycles. The van der Waals surface area contributed by atoms with Gasteiger partial charge in [0.2, 0.25) is 0 Å². The van der Waals surface area contributed by atoms with Crippen molar-refractivity contribution in [1.82, 2.24) is 10.2 Å². The summed E-state index contributed by atoms with van der Waals surface area (Å²) in [6, 6.07) is 0.724. The van der Waals surface area contributed by atoms with Crippen LogP contribution in [0.1, 0.15) is 40.0 Å². The summed E-state index contributed by atoms with van der Waals surface area (Å²) in [4.78, 5) is 2.53. The second-order valence-electron chi connectivity index (χ2n) is 5.30. The van der Waals surface area contributed by atoms with Crippen molar-refractivity contribution in [2.24, 2.45) is 11.8 Å². The third-order valence-corrected chi connectivity index (χ3v) is 3.72. The van der Waals surface area contributed by atoms with Gasteiger partial charge in [0.05, 0.1) is 0 Å². The summed E-state index contributed by atoms with van der Waals surface area (Å²) in [5.74, 6) is 1.97. The molecule has 1 saturated carbocycles. The van der Waals surface area contributed by atoms with Crippen LogP contribution in [-0.4, -0.2) is 37.6 Å². The minimum Gasteiger partial charge on any atom is -0.317 e. The van der Waals surface area contributed by atoms with E-state index in [9.17, 15) is 0 Å². The highest BCUT2D eigenvalue weighted by atomic mass is 15.1. The molecule has 0 radical (unpaired) electrons. The Morgan fingerprint density at radius 3 is 2.60 bits per heavy atom. The number of rotatable bonds is 8. The average Bonchev–Trinajstić information content (AvgIpc) is 2.88. The Morgan fingerprint density at radius 2 is 2.07 bits per heavy atom. The number of hydrogen-bond acceptors (Lipinski definition) is 2. The summed E-state index contributed by atoms with van der Waals surface area (Å²) in [5.41, 5.74) is 0. The van der Waals surface area contributed by atoms with Gasteiger partial charge in [0.1, 0.15) is 0 Å². The fraction of sp³-hybridized carbons (Fsp3) is 1.00. The van der Waals surface area contributed by atoms with Crippen LogP contribution in [-0.2, 0) is 0 Å². The van der Waals surface area contributed by atoms with Crippen LogP contribution in [0.5, 0.6) is 0 Å². The Morgan fingerprint density at radius 1 is 1.40 bits per heavy atom. The molecule has 0 heterocycles. The third-order valence-electron chi connectivity index (χ3n) is 3.72. The lowest BCUT2D eigenvalue weighted by atomic mass is 10.2. The molecule has 90 valence electrons. The first kappa shape index (κ1) is 13.0. The molecule has 15 heavy (non-hydrogen) atoms. The molecule has 1 rings (SSSR count). The summed E-state index contributed by atoms with van der Waals surface area (Å²) in [5, 5.41) is 3.47. The standard InChI is InChI=1S/C13H28N2/c1-5-7-14-8-6-12(3)15(4)10-13-9-11(13)2/h11-14H,5-10H2,1-4H3. The van der Waals surface area contributed by atoms with Crippen molar-refractivity contribution in [1.29, 1.82) is 0 Å². The van der Waals surface area contributed by atoms with Gasteiger partial charge in [-0.3, -0.25) is 0 Å². The van der Waals surface area contributed by atoms with Crippen molar-refractivity contribution in [3.8, 4) is 0 Å². The summed E-state index contributed by atoms with van der Waals surface area (Å²) in [7, 11) is 2.27. The summed E-state index contributed by atoms with van der Waals surface area (Å²) in [6.45, 7) is 10.6. The monoisotopic (exact) mass is 212 g/mol. The van der Waals surface area contributed by atoms with Crippen LogP contribution in [0.15, 0.2) is 0 Å². The largest absolute Gasteiger partial charge is 0.317 e. The van der Waals surface area contributed by atoms with E-state index in [2.05, 4.69) is 38.0 Å². The zero-order valence-electron chi connectivity index (χ0n) is 10.9. The molecular formula is C13H28N2. The summed E-state index contributed by atoms with van der Waals surface area (Å²) in [6.07, 6.45) is 3.96. The molecule has 2 heteroatoms. The van der Waals surface area contributed by atoms with Gasteiger partial charge in [-0.1, -0.05) is 13.8 Å². The molecule has 0 bridgehead atoms. The van der Waals surface area contributed by atoms with E-state index in [-0.39, 0.29) is 0 Å². The Bertz CT molecular complexity index is 170. The van der Waals surface area contributed by atoms with E-state index in [0.29, 0.717) is 0 Å². The molecule has 0 saturated heterocycles. The van der Waals surface area contributed by atoms with Gasteiger partial charge in [-0.25, -0.2) is 0 Å². The lowest BCUT2D eigenvalue weighted by Crippen LogP contribution is -2.34. The minimum absolute atomic E-state index is 0.724. The van der Waals surface area contributed by atoms with Crippen molar-refractivity contribution in [2.75, 3.05) is 26.7 Å². The van der Waals surface area contributed by atoms with Gasteiger partial charge in [-0.2, -0.15) is 0 Å². The van der Waals surface area contributed by atoms with Gasteiger partial charge in [-0.05, 0) is 58.2 Å². The normalized spacial score (nSPS) is 27.0. The first-order chi connectivity index (χ1) is 7.15. The van der Waals surface area contributed by atoms with Crippen molar-refractivity contribution in [3.05, 3.63) is 0 Å². The van der Waals surface area contributed by atoms with Gasteiger partial charge in [0.15, 0.2) is 0 Å². The van der Waals surface area contributed by atoms with Crippen molar-refractivity contribution < 1.29 is 0 Å². The molecule has 1 aliphatic carbocycles. The van der Waals surface area contributed by atoms with Gasteiger partial charge in [0, 0.05) is 12.6 Å². The van der Waals surface area contributed by atoms with E-state index < -0.39 is 0 Å². The molecule has 0 spiro atoms. The van der Waals surface area contributed by atoms with Crippen LogP contribution < -0.4 is 5.32 Å². The molecule has 3 unspecified atom stereocenters. The molecule has 0 aromatic heterocycles. The van der Waals surface area contributed by atoms with Crippen LogP contribution in [0.3, 0.4) is 0 Å². The van der Waals surface area contributed by atoms with Gasteiger partial charge in [-0.15, -0.1) is 0 Å². The summed E-state index contributed by atoms with van der Waals surface area (Å²) < 4.78 is 0. The Hall–Kier alpha value is -0.0800. The van der Waals surface area contributed by atoms with Crippen molar-refractivity contribution >= 4 is 0 Å². The predicted molar refractivity (Wildman–Crippen MR) is 67.1 cm³/mol. The minimum atomic E-state index is 0.724. The van der Waals surface area contributed by atoms with E-state index in [1.54, 1.807) is 0 Å². The van der Waals surface area contributed by atoms with E-state index in [4.69, 9.17) is 0 Å². The zero-order valence-corrected chi connectivity index (χ0v) is 10.9. The zero-order chi connectivity index (χ0) is 11.3. The number of nitrogens with zero attached hydrogens (tertiary/aromatic N) is 1. The van der Waals surface area contributed by atoms with Crippen molar-refractivity contribution in [2.45, 2.75) is 46.1 Å². The SMILES string of the molecule is CCCNCCC(C)N(C)CC1CC1C. The maximum absolute atomic E-state index is 3.47. The molecule has 1 N–H and O–H groups in total. The first-order valence-electron chi connectivity index (χ1n) is 6.56. The molecule has 1 aliphatic rings. The number of nitrogens with one attached hydrogen (secondary N) is 1. The van der Waals surface area contributed by atoms with Gasteiger partial charge in [0.25, 0.3) is 0 Å². The van der Waals surface area contributed by atoms with Crippen LogP contribution >= 0.6 is 0 Å². The van der Waals surface area contributed by atoms with Crippen LogP contribution in [0, 0.1) is 11.8 Å². The Balaban J connectivity index is 2.02. The highest BCUT2D eigenvalue weighted by Gasteiger charge is 2.33. The van der Waals surface area contributed by atoms with E-state index in [0.717, 1.165) is 24.4 Å². The van der Waals surface area contributed by atoms with E-state index in [1.165, 1.54) is 32.4 Å². The predicted octanol–water partition coefficient (Wildman–Crippen LogP) is 2.35. The van der Waals surface area contributed by atoms with E-state index in [1.807, 2.05) is 0 Å². The van der Waals surface area contributed by atoms with Gasteiger partial charge >= 0.3 is 0 Å². The quantitative estimate of drug-likeness (QED) is 0.621. The topological polar surface area (TPSA) is 15.3 Å². The molecule has 0 aromatic rings. The average molecular weight is 212 g/mol. The molecule has 3 atom stereocenters. The van der Waals surface area contributed by atoms with Gasteiger partial charge < -0.3 is 10.2 Å².